The molecule has 6 aliphatic carbocycles. The van der Waals surface area contributed by atoms with Crippen LogP contribution in [0.5, 0.6) is 0 Å². The molecule has 97 heavy (non-hydrogen) atoms. The van der Waals surface area contributed by atoms with Crippen LogP contribution in [-0.2, 0) is 29.1 Å². The van der Waals surface area contributed by atoms with Crippen molar-refractivity contribution >= 4 is 0 Å². The van der Waals surface area contributed by atoms with Gasteiger partial charge in [0.05, 0.1) is 10.8 Å². The number of rotatable bonds is 2. The maximum Gasteiger partial charge on any atom is 0.0725 e. The minimum atomic E-state index is -0.263. The molecule has 6 aliphatic rings. The maximum absolute atomic E-state index is 2.40. The highest BCUT2D eigenvalue weighted by atomic mass is 14.5. The van der Waals surface area contributed by atoms with Gasteiger partial charge in [-0.1, -0.05) is 371 Å². The molecule has 0 nitrogen and oxygen atoms in total. The number of hydrogen-bond acceptors (Lipinski definition) is 0. The first-order valence-electron chi connectivity index (χ1n) is 34.2. The SMILES string of the molecule is C.Cc1ccc2c(c1)-c1ccccc1C2.Cc1ccc2c(c1)C(C)(C)c1ccccc1-2.Cc1ccc2c(c1)C(c1ccccc1)(c1ccccc1)c1ccccc1-2.Cc1ccc2c(c1)C1(c3ccccc3-c3ccccc31)c1ccccc1-2.Cc1ccc2c(c1)Cc1ccccc1-2. The zero-order chi connectivity index (χ0) is 65.3. The molecule has 470 valence electrons. The summed E-state index contributed by atoms with van der Waals surface area (Å²) in [5.41, 5.74) is 42.9. The van der Waals surface area contributed by atoms with Crippen molar-refractivity contribution in [1.82, 2.24) is 0 Å². The average Bonchev–Trinajstić information content (AvgIpc) is 1.29. The Morgan fingerprint density at radius 3 is 0.948 bits per heavy atom. The average molecular weight is 1250 g/mol. The van der Waals surface area contributed by atoms with Crippen LogP contribution in [0.15, 0.2) is 322 Å². The molecule has 0 aliphatic heterocycles. The van der Waals surface area contributed by atoms with Crippen LogP contribution in [0.25, 0.3) is 66.8 Å². The summed E-state index contributed by atoms with van der Waals surface area (Å²) in [6, 6.07) is 118. The summed E-state index contributed by atoms with van der Waals surface area (Å²) in [6.07, 6.45) is 2.21. The van der Waals surface area contributed by atoms with Crippen LogP contribution in [0.1, 0.15) is 127 Å². The molecule has 0 saturated carbocycles. The summed E-state index contributed by atoms with van der Waals surface area (Å²) < 4.78 is 0. The first-order chi connectivity index (χ1) is 46.9. The lowest BCUT2D eigenvalue weighted by Crippen LogP contribution is -2.28. The smallest absolute Gasteiger partial charge is 0.0725 e. The van der Waals surface area contributed by atoms with Crippen LogP contribution in [-0.4, -0.2) is 0 Å². The molecule has 0 bridgehead atoms. The van der Waals surface area contributed by atoms with E-state index >= 15 is 0 Å². The van der Waals surface area contributed by atoms with E-state index in [1.807, 2.05) is 0 Å². The summed E-state index contributed by atoms with van der Waals surface area (Å²) in [6.45, 7) is 15.5. The first-order valence-corrected chi connectivity index (χ1v) is 34.2. The van der Waals surface area contributed by atoms with Gasteiger partial charge in [0.25, 0.3) is 0 Å². The molecule has 0 fully saturated rings. The van der Waals surface area contributed by atoms with Gasteiger partial charge in [0.15, 0.2) is 0 Å². The van der Waals surface area contributed by atoms with Crippen molar-refractivity contribution in [2.75, 3.05) is 0 Å². The zero-order valence-electron chi connectivity index (χ0n) is 56.0. The van der Waals surface area contributed by atoms with Crippen LogP contribution < -0.4 is 0 Å². The number of aryl methyl sites for hydroxylation is 5. The molecule has 14 aromatic carbocycles. The second kappa shape index (κ2) is 25.0. The molecule has 0 aromatic heterocycles. The van der Waals surface area contributed by atoms with Crippen LogP contribution in [0.3, 0.4) is 0 Å². The van der Waals surface area contributed by atoms with E-state index in [-0.39, 0.29) is 23.7 Å². The fraction of sp³-hybridized carbons (Fsp3) is 0.134. The van der Waals surface area contributed by atoms with Gasteiger partial charge in [0.2, 0.25) is 0 Å². The van der Waals surface area contributed by atoms with Gasteiger partial charge < -0.3 is 0 Å². The van der Waals surface area contributed by atoms with Gasteiger partial charge in [0.1, 0.15) is 0 Å². The van der Waals surface area contributed by atoms with Gasteiger partial charge in [-0.15, -0.1) is 0 Å². The van der Waals surface area contributed by atoms with Crippen molar-refractivity contribution in [1.29, 1.82) is 0 Å². The molecule has 0 heterocycles. The summed E-state index contributed by atoms with van der Waals surface area (Å²) >= 11 is 0. The van der Waals surface area contributed by atoms with Gasteiger partial charge in [-0.25, -0.2) is 0 Å². The molecule has 1 spiro atoms. The second-order valence-electron chi connectivity index (χ2n) is 27.7. The predicted octanol–water partition coefficient (Wildman–Crippen LogP) is 24.8. The fourth-order valence-corrected chi connectivity index (χ4v) is 17.1. The Balaban J connectivity index is 0.000000102. The van der Waals surface area contributed by atoms with Crippen molar-refractivity contribution in [3.05, 3.63) is 427 Å². The quantitative estimate of drug-likeness (QED) is 0.162. The van der Waals surface area contributed by atoms with Crippen molar-refractivity contribution < 1.29 is 0 Å². The third-order valence-electron chi connectivity index (χ3n) is 21.4. The van der Waals surface area contributed by atoms with Crippen LogP contribution >= 0.6 is 0 Å². The van der Waals surface area contributed by atoms with E-state index in [1.165, 1.54) is 172 Å². The molecule has 14 aromatic rings. The van der Waals surface area contributed by atoms with Gasteiger partial charge in [-0.3, -0.25) is 0 Å². The Labute approximate surface area is 575 Å². The van der Waals surface area contributed by atoms with Crippen LogP contribution in [0, 0.1) is 34.6 Å². The Kier molecular flexibility index (Phi) is 16.0. The number of benzene rings is 14. The van der Waals surface area contributed by atoms with E-state index in [9.17, 15) is 0 Å². The van der Waals surface area contributed by atoms with Gasteiger partial charge in [-0.05, 0) is 192 Å². The largest absolute Gasteiger partial charge is 0.0776 e. The highest BCUT2D eigenvalue weighted by Gasteiger charge is 2.52. The van der Waals surface area contributed by atoms with Crippen molar-refractivity contribution in [3.8, 4) is 66.8 Å². The van der Waals surface area contributed by atoms with E-state index in [4.69, 9.17) is 0 Å². The molecule has 0 amide bonds. The third kappa shape index (κ3) is 10.3. The Morgan fingerprint density at radius 1 is 0.196 bits per heavy atom. The van der Waals surface area contributed by atoms with Crippen molar-refractivity contribution in [2.45, 2.75) is 85.0 Å². The van der Waals surface area contributed by atoms with E-state index in [1.54, 1.807) is 0 Å². The minimum Gasteiger partial charge on any atom is -0.0776 e. The molecular formula is C97H82. The monoisotopic (exact) mass is 1250 g/mol. The van der Waals surface area contributed by atoms with Crippen molar-refractivity contribution in [3.63, 3.8) is 0 Å². The highest BCUT2D eigenvalue weighted by Crippen LogP contribution is 2.63. The lowest BCUT2D eigenvalue weighted by Gasteiger charge is -2.34. The first kappa shape index (κ1) is 62.2. The molecule has 20 rings (SSSR count). The van der Waals surface area contributed by atoms with Crippen molar-refractivity contribution in [2.24, 2.45) is 0 Å². The van der Waals surface area contributed by atoms with Gasteiger partial charge >= 0.3 is 0 Å². The topological polar surface area (TPSA) is 0 Å². The number of fused-ring (bicyclic) bond motifs is 22. The van der Waals surface area contributed by atoms with Crippen LogP contribution in [0.2, 0.25) is 0 Å². The van der Waals surface area contributed by atoms with Gasteiger partial charge in [-0.2, -0.15) is 0 Å². The Hall–Kier alpha value is -10.9. The lowest BCUT2D eigenvalue weighted by atomic mass is 9.67. The summed E-state index contributed by atoms with van der Waals surface area (Å²) in [5, 5.41) is 0. The standard InChI is InChI=1S/C26H18.C26H20.C16H16.2C14H12.CH4/c1-17-14-15-21-20-10-4-7-13-24(20)26(25(21)16-17)22-11-5-2-8-18(22)19-9-3-6-12-23(19)26;1-19-16-17-23-22-14-8-9-15-24(22)26(25(23)18-19,20-10-4-2-5-11-20)21-12-6-3-7-13-21;1-11-8-9-13-12-6-4-5-7-14(12)16(2,3)15(13)10-11;1-10-6-7-14-12(8-10)9-11-4-2-3-5-13(11)14;1-10-6-7-12-9-11-4-2-3-5-13(11)14(12)8-10;/h2-16H,1H3;2-18H,1H3;4-10H,1-3H3;2*2-8H,9H2,1H3;1H4. The highest BCUT2D eigenvalue weighted by molar-refractivity contribution is 5.95. The maximum atomic E-state index is 2.40. The summed E-state index contributed by atoms with van der Waals surface area (Å²) in [7, 11) is 0. The lowest BCUT2D eigenvalue weighted by molar-refractivity contribution is 0.660. The molecule has 0 radical (unpaired) electrons. The van der Waals surface area contributed by atoms with E-state index < -0.39 is 0 Å². The fourth-order valence-electron chi connectivity index (χ4n) is 17.1. The normalized spacial score (nSPS) is 13.8. The molecule has 0 atom stereocenters. The third-order valence-corrected chi connectivity index (χ3v) is 21.4. The molecule has 0 heteroatoms. The minimum absolute atomic E-state index is 0. The Morgan fingerprint density at radius 2 is 0.474 bits per heavy atom. The zero-order valence-corrected chi connectivity index (χ0v) is 56.0. The Bertz CT molecular complexity index is 5120. The molecule has 0 unspecified atom stereocenters. The summed E-state index contributed by atoms with van der Waals surface area (Å²) in [4.78, 5) is 0. The van der Waals surface area contributed by atoms with Gasteiger partial charge in [0, 0.05) is 5.41 Å². The molecule has 0 saturated heterocycles. The molecular weight excluding hydrogens is 1170 g/mol. The summed E-state index contributed by atoms with van der Waals surface area (Å²) in [5.74, 6) is 0. The molecule has 0 N–H and O–H groups in total. The van der Waals surface area contributed by atoms with E-state index in [0.717, 1.165) is 12.8 Å². The second-order valence-corrected chi connectivity index (χ2v) is 27.7. The van der Waals surface area contributed by atoms with E-state index in [2.05, 4.69) is 370 Å². The predicted molar refractivity (Wildman–Crippen MR) is 410 cm³/mol. The van der Waals surface area contributed by atoms with Crippen LogP contribution in [0.4, 0.5) is 0 Å². The number of hydrogen-bond donors (Lipinski definition) is 0. The van der Waals surface area contributed by atoms with E-state index in [0.29, 0.717) is 0 Å².